The maximum Gasteiger partial charge on any atom is 0.170 e. The van der Waals surface area contributed by atoms with Gasteiger partial charge in [-0.25, -0.2) is 0 Å². The van der Waals surface area contributed by atoms with Crippen molar-refractivity contribution in [3.05, 3.63) is 156 Å². The van der Waals surface area contributed by atoms with Gasteiger partial charge in [-0.15, -0.1) is 0 Å². The summed E-state index contributed by atoms with van der Waals surface area (Å²) in [6, 6.07) is 41.1. The maximum absolute atomic E-state index is 8.82. The Balaban J connectivity index is 0.000000210. The number of nitrogen functional groups attached to an aromatic ring is 2. The summed E-state index contributed by atoms with van der Waals surface area (Å²) in [4.78, 5) is 0. The minimum atomic E-state index is 0.00854. The van der Waals surface area contributed by atoms with Gasteiger partial charge in [-0.3, -0.25) is 0 Å². The Hall–Kier alpha value is -8.36. The maximum atomic E-state index is 8.82. The zero-order valence-corrected chi connectivity index (χ0v) is 28.3. The molecule has 0 bridgehead atoms. The first-order chi connectivity index (χ1) is 26.1. The Bertz CT molecular complexity index is 2190. The van der Waals surface area contributed by atoms with Crippen LogP contribution in [0, 0.1) is 22.7 Å². The van der Waals surface area contributed by atoms with Gasteiger partial charge in [-0.05, 0) is 97.1 Å². The number of benzene rings is 6. The molecule has 14 heteroatoms. The summed E-state index contributed by atoms with van der Waals surface area (Å²) in [5, 5.41) is 41.0. The average molecular weight is 721 g/mol. The topological polar surface area (TPSA) is 254 Å². The van der Waals surface area contributed by atoms with Crippen molar-refractivity contribution in [2.24, 2.45) is 21.8 Å². The minimum Gasteiger partial charge on any atom is -0.457 e. The monoisotopic (exact) mass is 720 g/mol. The van der Waals surface area contributed by atoms with Crippen molar-refractivity contribution in [1.82, 2.24) is 0 Å². The van der Waals surface area contributed by atoms with E-state index in [-0.39, 0.29) is 11.7 Å². The minimum absolute atomic E-state index is 0.00854. The molecular weight excluding hydrogens is 688 g/mol. The smallest absolute Gasteiger partial charge is 0.170 e. The Kier molecular flexibility index (Phi) is 12.0. The third-order valence-corrected chi connectivity index (χ3v) is 7.23. The summed E-state index contributed by atoms with van der Waals surface area (Å²) in [6.07, 6.45) is 0. The molecule has 6 aromatic carbocycles. The number of nitriles is 2. The first-order valence-corrected chi connectivity index (χ1v) is 15.8. The molecule has 6 aromatic rings. The molecule has 0 saturated heterocycles. The normalized spacial score (nSPS) is 10.9. The van der Waals surface area contributed by atoms with Crippen LogP contribution in [0.1, 0.15) is 22.3 Å². The molecule has 0 radical (unpaired) electrons. The van der Waals surface area contributed by atoms with E-state index in [1.165, 1.54) is 0 Å². The van der Waals surface area contributed by atoms with Crippen LogP contribution in [0.25, 0.3) is 0 Å². The second kappa shape index (κ2) is 17.5. The largest absolute Gasteiger partial charge is 0.457 e. The van der Waals surface area contributed by atoms with E-state index >= 15 is 0 Å². The number of hydrogen-bond donors (Lipinski definition) is 6. The van der Waals surface area contributed by atoms with E-state index in [4.69, 9.17) is 62.8 Å². The predicted octanol–water partition coefficient (Wildman–Crippen LogP) is 7.64. The zero-order chi connectivity index (χ0) is 38.5. The first kappa shape index (κ1) is 36.9. The molecule has 10 N–H and O–H groups in total. The lowest BCUT2D eigenvalue weighted by Gasteiger charge is -2.11. The fourth-order valence-corrected chi connectivity index (χ4v) is 4.67. The third-order valence-electron chi connectivity index (χ3n) is 7.23. The molecule has 0 aliphatic carbocycles. The highest BCUT2D eigenvalue weighted by atomic mass is 16.5. The van der Waals surface area contributed by atoms with Gasteiger partial charge in [-0.2, -0.15) is 10.5 Å². The molecule has 0 aromatic heterocycles. The van der Waals surface area contributed by atoms with E-state index < -0.39 is 0 Å². The van der Waals surface area contributed by atoms with Crippen molar-refractivity contribution in [3.8, 4) is 58.1 Å². The molecule has 0 unspecified atom stereocenters. The third kappa shape index (κ3) is 10.3. The number of nitrogens with two attached hydrogens (primary N) is 4. The molecule has 0 amide bonds. The number of rotatable bonds is 10. The van der Waals surface area contributed by atoms with Crippen molar-refractivity contribution in [2.45, 2.75) is 0 Å². The van der Waals surface area contributed by atoms with Crippen LogP contribution >= 0.6 is 0 Å². The van der Waals surface area contributed by atoms with Crippen molar-refractivity contribution in [2.75, 3.05) is 11.5 Å². The van der Waals surface area contributed by atoms with Gasteiger partial charge in [0.2, 0.25) is 0 Å². The van der Waals surface area contributed by atoms with Crippen LogP contribution in [0.2, 0.25) is 0 Å². The second-order valence-electron chi connectivity index (χ2n) is 11.2. The van der Waals surface area contributed by atoms with E-state index in [1.54, 1.807) is 133 Å². The second-order valence-corrected chi connectivity index (χ2v) is 11.2. The molecule has 0 heterocycles. The highest BCUT2D eigenvalue weighted by Crippen LogP contribution is 2.33. The molecule has 0 aliphatic rings. The fourth-order valence-electron chi connectivity index (χ4n) is 4.67. The molecule has 14 nitrogen and oxygen atoms in total. The SMILES string of the molecule is N#Cc1ccc(Oc2cc(N)cc(Oc3ccc(C#N)cc3)c2)cc1.NC(=NO)c1ccc(Oc2cc(N)cc(Oc3ccc(C(N)=NO)cc3)c2)cc1. The van der Waals surface area contributed by atoms with Crippen LogP contribution in [-0.4, -0.2) is 22.1 Å². The molecule has 0 saturated carbocycles. The Morgan fingerprint density at radius 1 is 0.426 bits per heavy atom. The summed E-state index contributed by atoms with van der Waals surface area (Å²) < 4.78 is 23.1. The lowest BCUT2D eigenvalue weighted by Crippen LogP contribution is -2.12. The summed E-state index contributed by atoms with van der Waals surface area (Å²) in [7, 11) is 0. The Morgan fingerprint density at radius 3 is 0.926 bits per heavy atom. The quantitative estimate of drug-likeness (QED) is 0.0262. The summed E-state index contributed by atoms with van der Waals surface area (Å²) in [6.45, 7) is 0. The van der Waals surface area contributed by atoms with Crippen LogP contribution < -0.4 is 41.9 Å². The average Bonchev–Trinajstić information content (AvgIpc) is 3.18. The van der Waals surface area contributed by atoms with Crippen LogP contribution in [-0.2, 0) is 0 Å². The van der Waals surface area contributed by atoms with E-state index in [0.29, 0.717) is 79.6 Å². The van der Waals surface area contributed by atoms with Crippen molar-refractivity contribution >= 4 is 23.0 Å². The number of amidine groups is 2. The van der Waals surface area contributed by atoms with Crippen LogP contribution in [0.4, 0.5) is 11.4 Å². The highest BCUT2D eigenvalue weighted by Gasteiger charge is 2.08. The summed E-state index contributed by atoms with van der Waals surface area (Å²) in [5.41, 5.74) is 26.1. The number of anilines is 2. The molecule has 0 aliphatic heterocycles. The lowest BCUT2D eigenvalue weighted by molar-refractivity contribution is 0.318. The van der Waals surface area contributed by atoms with Gasteiger partial charge in [0, 0.05) is 58.9 Å². The van der Waals surface area contributed by atoms with Crippen molar-refractivity contribution in [1.29, 1.82) is 10.5 Å². The highest BCUT2D eigenvalue weighted by molar-refractivity contribution is 5.97. The number of hydrogen-bond acceptors (Lipinski definition) is 12. The Labute approximate surface area is 309 Å². The van der Waals surface area contributed by atoms with E-state index in [0.717, 1.165) is 0 Å². The molecular formula is C40H32N8O6. The molecule has 0 atom stereocenters. The van der Waals surface area contributed by atoms with Crippen LogP contribution in [0.15, 0.2) is 144 Å². The van der Waals surface area contributed by atoms with E-state index in [9.17, 15) is 0 Å². The molecule has 0 spiro atoms. The number of oxime groups is 2. The summed E-state index contributed by atoms with van der Waals surface area (Å²) >= 11 is 0. The van der Waals surface area contributed by atoms with Gasteiger partial charge in [0.25, 0.3) is 0 Å². The van der Waals surface area contributed by atoms with Gasteiger partial charge >= 0.3 is 0 Å². The van der Waals surface area contributed by atoms with Gasteiger partial charge in [0.1, 0.15) is 46.0 Å². The molecule has 0 fully saturated rings. The molecule has 54 heavy (non-hydrogen) atoms. The standard InChI is InChI=1S/C20H19N5O4.C20H13N3O2/c21-14-9-17(28-15-5-1-12(2-6-15)19(22)24-26)11-18(10-14)29-16-7-3-13(4-8-16)20(23)25-27;21-12-14-1-5-17(6-2-14)24-19-9-16(23)10-20(11-19)25-18-7-3-15(13-22)4-8-18/h1-11,26-27H,21H2,(H2,22,24)(H2,23,25);1-11H,23H2. The molecule has 268 valence electrons. The summed E-state index contributed by atoms with van der Waals surface area (Å²) in [5.74, 6) is 4.28. The van der Waals surface area contributed by atoms with Gasteiger partial charge in [-0.1, -0.05) is 10.3 Å². The van der Waals surface area contributed by atoms with E-state index in [2.05, 4.69) is 22.4 Å². The van der Waals surface area contributed by atoms with Crippen molar-refractivity contribution < 1.29 is 29.4 Å². The van der Waals surface area contributed by atoms with E-state index in [1.807, 2.05) is 0 Å². The van der Waals surface area contributed by atoms with Crippen molar-refractivity contribution in [3.63, 3.8) is 0 Å². The van der Waals surface area contributed by atoms with Crippen LogP contribution in [0.3, 0.4) is 0 Å². The fraction of sp³-hybridized carbons (Fsp3) is 0. The predicted molar refractivity (Wildman–Crippen MR) is 202 cm³/mol. The van der Waals surface area contributed by atoms with Gasteiger partial charge in [0.05, 0.1) is 23.3 Å². The number of ether oxygens (including phenoxy) is 4. The zero-order valence-electron chi connectivity index (χ0n) is 28.3. The van der Waals surface area contributed by atoms with Gasteiger partial charge < -0.3 is 52.3 Å². The molecule has 6 rings (SSSR count). The lowest BCUT2D eigenvalue weighted by atomic mass is 10.2. The Morgan fingerprint density at radius 2 is 0.685 bits per heavy atom. The van der Waals surface area contributed by atoms with Gasteiger partial charge in [0.15, 0.2) is 11.7 Å². The first-order valence-electron chi connectivity index (χ1n) is 15.8. The van der Waals surface area contributed by atoms with Crippen LogP contribution in [0.5, 0.6) is 46.0 Å². The number of nitrogens with zero attached hydrogens (tertiary/aromatic N) is 4.